The van der Waals surface area contributed by atoms with Crippen LogP contribution in [0.3, 0.4) is 0 Å². The maximum absolute atomic E-state index is 15.0. The van der Waals surface area contributed by atoms with E-state index in [0.29, 0.717) is 11.1 Å². The Bertz CT molecular complexity index is 1470. The van der Waals surface area contributed by atoms with Gasteiger partial charge in [-0.3, -0.25) is 9.69 Å². The van der Waals surface area contributed by atoms with Crippen molar-refractivity contribution < 1.29 is 13.9 Å². The van der Waals surface area contributed by atoms with Crippen LogP contribution in [0, 0.1) is 5.82 Å². The van der Waals surface area contributed by atoms with Crippen LogP contribution in [0.4, 0.5) is 21.7 Å². The summed E-state index contributed by atoms with van der Waals surface area (Å²) in [6, 6.07) is 12.5. The summed E-state index contributed by atoms with van der Waals surface area (Å²) in [5, 5.41) is 6.39. The number of nitrogens with one attached hydrogen (secondary N) is 2. The molecule has 3 aliphatic carbocycles. The van der Waals surface area contributed by atoms with Crippen molar-refractivity contribution in [3.8, 4) is 17.0 Å². The number of nitrogens with zero attached hydrogens (tertiary/aromatic N) is 4. The van der Waals surface area contributed by atoms with Crippen LogP contribution in [0.25, 0.3) is 11.3 Å². The van der Waals surface area contributed by atoms with Gasteiger partial charge in [-0.25, -0.2) is 14.4 Å². The van der Waals surface area contributed by atoms with E-state index in [2.05, 4.69) is 42.5 Å². The molecule has 200 valence electrons. The number of carbonyl (C=O) groups is 1. The maximum Gasteiger partial charge on any atom is 0.252 e. The van der Waals surface area contributed by atoms with Crippen LogP contribution in [0.1, 0.15) is 54.4 Å². The Morgan fingerprint density at radius 3 is 2.59 bits per heavy atom. The van der Waals surface area contributed by atoms with Crippen LogP contribution >= 0.6 is 0 Å². The predicted molar refractivity (Wildman–Crippen MR) is 146 cm³/mol. The van der Waals surface area contributed by atoms with E-state index >= 15 is 0 Å². The first-order chi connectivity index (χ1) is 19.0. The standard InChI is InChI=1S/C30H31FN6O2/c31-24-17-32-29(34-27(24)18-1-7-23-22(15-18)28(38)35-30(23)9-10-30)33-25-16-20(4-8-26(25)39-21-5-6-21)37-13-11-36(12-14-37)19-2-3-19/h1,4,7-8,15-17,19,21H,2-3,5-6,9-14H2,(H,35,38)(H,32,33,34). The van der Waals surface area contributed by atoms with Crippen molar-refractivity contribution in [1.82, 2.24) is 20.2 Å². The van der Waals surface area contributed by atoms with Gasteiger partial charge in [0.25, 0.3) is 5.91 Å². The van der Waals surface area contributed by atoms with E-state index in [4.69, 9.17) is 4.74 Å². The highest BCUT2D eigenvalue weighted by atomic mass is 19.1. The molecule has 3 aromatic rings. The average molecular weight is 527 g/mol. The number of fused-ring (bicyclic) bond motifs is 2. The molecule has 5 aliphatic rings. The second-order valence-corrected chi connectivity index (χ2v) is 11.6. The Morgan fingerprint density at radius 2 is 1.85 bits per heavy atom. The first-order valence-corrected chi connectivity index (χ1v) is 14.1. The topological polar surface area (TPSA) is 82.6 Å². The smallest absolute Gasteiger partial charge is 0.252 e. The zero-order valence-corrected chi connectivity index (χ0v) is 21.8. The van der Waals surface area contributed by atoms with Gasteiger partial charge in [-0.05, 0) is 68.4 Å². The molecule has 2 N–H and O–H groups in total. The monoisotopic (exact) mass is 526 g/mol. The van der Waals surface area contributed by atoms with Crippen molar-refractivity contribution in [2.24, 2.45) is 0 Å². The van der Waals surface area contributed by atoms with E-state index in [1.165, 1.54) is 19.0 Å². The first-order valence-electron chi connectivity index (χ1n) is 14.1. The molecule has 8 nitrogen and oxygen atoms in total. The van der Waals surface area contributed by atoms with Crippen molar-refractivity contribution in [3.05, 3.63) is 59.5 Å². The highest BCUT2D eigenvalue weighted by Crippen LogP contribution is 2.50. The molecule has 4 fully saturated rings. The lowest BCUT2D eigenvalue weighted by Gasteiger charge is -2.36. The van der Waals surface area contributed by atoms with Gasteiger partial charge in [-0.1, -0.05) is 12.1 Å². The summed E-state index contributed by atoms with van der Waals surface area (Å²) in [7, 11) is 0. The fourth-order valence-corrected chi connectivity index (χ4v) is 5.98. The van der Waals surface area contributed by atoms with Gasteiger partial charge in [0.05, 0.1) is 23.5 Å². The van der Waals surface area contributed by atoms with Gasteiger partial charge < -0.3 is 20.3 Å². The SMILES string of the molecule is O=C1NC2(CC2)c2ccc(-c3nc(Nc4cc(N5CCN(C6CC6)CC5)ccc4OC4CC4)ncc3F)cc21. The number of amides is 1. The van der Waals surface area contributed by atoms with Gasteiger partial charge in [0, 0.05) is 49.0 Å². The molecule has 1 saturated heterocycles. The van der Waals surface area contributed by atoms with Gasteiger partial charge in [-0.15, -0.1) is 0 Å². The fraction of sp³-hybridized carbons (Fsp3) is 0.433. The highest BCUT2D eigenvalue weighted by molar-refractivity contribution is 6.01. The van der Waals surface area contributed by atoms with Crippen LogP contribution in [0.15, 0.2) is 42.6 Å². The zero-order chi connectivity index (χ0) is 26.1. The summed E-state index contributed by atoms with van der Waals surface area (Å²) >= 11 is 0. The van der Waals surface area contributed by atoms with Crippen LogP contribution in [-0.4, -0.2) is 59.1 Å². The number of hydrogen-bond donors (Lipinski definition) is 2. The number of benzene rings is 2. The van der Waals surface area contributed by atoms with E-state index in [9.17, 15) is 9.18 Å². The fourth-order valence-electron chi connectivity index (χ4n) is 5.98. The molecule has 1 amide bonds. The van der Waals surface area contributed by atoms with Gasteiger partial charge in [0.1, 0.15) is 11.4 Å². The van der Waals surface area contributed by atoms with Crippen LogP contribution in [-0.2, 0) is 5.54 Å². The summed E-state index contributed by atoms with van der Waals surface area (Å²) in [4.78, 5) is 26.4. The molecule has 39 heavy (non-hydrogen) atoms. The number of halogens is 1. The van der Waals surface area contributed by atoms with Crippen molar-refractivity contribution >= 4 is 23.2 Å². The highest BCUT2D eigenvalue weighted by Gasteiger charge is 2.52. The number of ether oxygens (including phenoxy) is 1. The molecule has 3 heterocycles. The van der Waals surface area contributed by atoms with Gasteiger partial charge in [0.15, 0.2) is 5.82 Å². The molecule has 1 aromatic heterocycles. The van der Waals surface area contributed by atoms with Gasteiger partial charge in [-0.2, -0.15) is 0 Å². The van der Waals surface area contributed by atoms with E-state index < -0.39 is 5.82 Å². The van der Waals surface area contributed by atoms with Crippen LogP contribution in [0.5, 0.6) is 5.75 Å². The van der Waals surface area contributed by atoms with Crippen molar-refractivity contribution in [2.45, 2.75) is 56.2 Å². The first kappa shape index (κ1) is 23.2. The summed E-state index contributed by atoms with van der Waals surface area (Å²) in [5.74, 6) is 0.397. The number of piperazine rings is 1. The number of aromatic nitrogens is 2. The van der Waals surface area contributed by atoms with Gasteiger partial charge >= 0.3 is 0 Å². The number of carbonyl (C=O) groups excluding carboxylic acids is 1. The summed E-state index contributed by atoms with van der Waals surface area (Å²) in [5.41, 5.74) is 4.00. The normalized spacial score (nSPS) is 21.6. The van der Waals surface area contributed by atoms with Gasteiger partial charge in [0.2, 0.25) is 5.95 Å². The summed E-state index contributed by atoms with van der Waals surface area (Å²) in [6.07, 6.45) is 8.08. The Hall–Kier alpha value is -3.72. The Balaban J connectivity index is 1.08. The summed E-state index contributed by atoms with van der Waals surface area (Å²) in [6.45, 7) is 4.14. The molecule has 2 aliphatic heterocycles. The lowest BCUT2D eigenvalue weighted by molar-refractivity contribution is 0.0952. The lowest BCUT2D eigenvalue weighted by Crippen LogP contribution is -2.47. The quantitative estimate of drug-likeness (QED) is 0.466. The van der Waals surface area contributed by atoms with Crippen molar-refractivity contribution in [3.63, 3.8) is 0 Å². The molecular formula is C30H31FN6O2. The number of hydrogen-bond acceptors (Lipinski definition) is 7. The molecule has 0 atom stereocenters. The minimum Gasteiger partial charge on any atom is -0.488 e. The van der Waals surface area contributed by atoms with E-state index in [1.54, 1.807) is 6.07 Å². The second-order valence-electron chi connectivity index (χ2n) is 11.6. The number of anilines is 3. The molecule has 9 heteroatoms. The molecule has 0 bridgehead atoms. The molecule has 2 aromatic carbocycles. The zero-order valence-electron chi connectivity index (χ0n) is 21.8. The van der Waals surface area contributed by atoms with Crippen LogP contribution in [0.2, 0.25) is 0 Å². The third-order valence-corrected chi connectivity index (χ3v) is 8.67. The molecule has 0 unspecified atom stereocenters. The maximum atomic E-state index is 15.0. The Morgan fingerprint density at radius 1 is 1.03 bits per heavy atom. The predicted octanol–water partition coefficient (Wildman–Crippen LogP) is 4.58. The minimum atomic E-state index is -0.531. The van der Waals surface area contributed by atoms with Crippen molar-refractivity contribution in [2.75, 3.05) is 36.4 Å². The van der Waals surface area contributed by atoms with E-state index in [-0.39, 0.29) is 29.2 Å². The van der Waals surface area contributed by atoms with Crippen LogP contribution < -0.4 is 20.3 Å². The molecule has 0 radical (unpaired) electrons. The molecule has 3 saturated carbocycles. The van der Waals surface area contributed by atoms with E-state index in [1.807, 2.05) is 18.2 Å². The molecular weight excluding hydrogens is 495 g/mol. The van der Waals surface area contributed by atoms with E-state index in [0.717, 1.165) is 80.6 Å². The minimum absolute atomic E-state index is 0.103. The van der Waals surface area contributed by atoms with Crippen molar-refractivity contribution in [1.29, 1.82) is 0 Å². The average Bonchev–Trinajstić information content (AvgIpc) is 3.82. The Labute approximate surface area is 226 Å². The second kappa shape index (κ2) is 8.64. The third kappa shape index (κ3) is 4.29. The Kier molecular flexibility index (Phi) is 5.14. The largest absolute Gasteiger partial charge is 0.488 e. The lowest BCUT2D eigenvalue weighted by atomic mass is 9.99. The molecule has 8 rings (SSSR count). The number of rotatable bonds is 7. The third-order valence-electron chi connectivity index (χ3n) is 8.67. The molecule has 1 spiro atoms. The summed E-state index contributed by atoms with van der Waals surface area (Å²) < 4.78 is 21.2.